The van der Waals surface area contributed by atoms with Gasteiger partial charge in [-0.1, -0.05) is 44.2 Å². The van der Waals surface area contributed by atoms with Crippen LogP contribution in [0.4, 0.5) is 5.82 Å². The molecule has 0 fully saturated rings. The summed E-state index contributed by atoms with van der Waals surface area (Å²) in [5, 5.41) is 5.82. The summed E-state index contributed by atoms with van der Waals surface area (Å²) in [6, 6.07) is 12.3. The van der Waals surface area contributed by atoms with Crippen LogP contribution in [-0.4, -0.2) is 14.8 Å². The number of nitrogens with one attached hydrogen (secondary N) is 1. The van der Waals surface area contributed by atoms with Crippen molar-refractivity contribution in [3.63, 3.8) is 0 Å². The lowest BCUT2D eigenvalue weighted by molar-refractivity contribution is 0.696. The number of nitrogens with zero attached hydrogens (tertiary/aromatic N) is 3. The summed E-state index contributed by atoms with van der Waals surface area (Å²) >= 11 is 0. The summed E-state index contributed by atoms with van der Waals surface area (Å²) in [5.74, 6) is 6.63. The molecule has 0 aliphatic rings. The summed E-state index contributed by atoms with van der Waals surface area (Å²) in [7, 11) is 0. The maximum absolute atomic E-state index is 5.58. The van der Waals surface area contributed by atoms with Crippen LogP contribution in [0.2, 0.25) is 0 Å². The van der Waals surface area contributed by atoms with E-state index in [1.165, 1.54) is 11.1 Å². The molecule has 3 aromatic rings. The average Bonchev–Trinajstić information content (AvgIpc) is 2.83. The van der Waals surface area contributed by atoms with Crippen LogP contribution in [0.1, 0.15) is 36.6 Å². The van der Waals surface area contributed by atoms with Gasteiger partial charge < -0.3 is 5.43 Å². The molecule has 2 heterocycles. The van der Waals surface area contributed by atoms with Gasteiger partial charge in [0.2, 0.25) is 0 Å². The summed E-state index contributed by atoms with van der Waals surface area (Å²) in [4.78, 5) is 4.62. The van der Waals surface area contributed by atoms with E-state index < -0.39 is 0 Å². The molecule has 5 heteroatoms. The third-order valence-corrected chi connectivity index (χ3v) is 3.85. The molecule has 22 heavy (non-hydrogen) atoms. The quantitative estimate of drug-likeness (QED) is 0.573. The van der Waals surface area contributed by atoms with Gasteiger partial charge in [0.25, 0.3) is 0 Å². The minimum atomic E-state index is 0.380. The van der Waals surface area contributed by atoms with Gasteiger partial charge in [0.15, 0.2) is 5.65 Å². The van der Waals surface area contributed by atoms with E-state index in [1.54, 1.807) is 0 Å². The Balaban J connectivity index is 2.17. The first-order chi connectivity index (χ1) is 10.6. The molecule has 0 aliphatic carbocycles. The molecule has 0 radical (unpaired) electrons. The molecule has 0 atom stereocenters. The number of aryl methyl sites for hydroxylation is 1. The first-order valence-corrected chi connectivity index (χ1v) is 7.48. The van der Waals surface area contributed by atoms with Crippen molar-refractivity contribution in [1.82, 2.24) is 14.8 Å². The Bertz CT molecular complexity index is 790. The zero-order chi connectivity index (χ0) is 15.7. The topological polar surface area (TPSA) is 68.8 Å². The second-order valence-electron chi connectivity index (χ2n) is 5.82. The number of anilines is 1. The van der Waals surface area contributed by atoms with Crippen LogP contribution in [0, 0.1) is 6.92 Å². The predicted molar refractivity (Wildman–Crippen MR) is 89.7 cm³/mol. The van der Waals surface area contributed by atoms with Gasteiger partial charge in [-0.05, 0) is 30.0 Å². The average molecular weight is 295 g/mol. The van der Waals surface area contributed by atoms with Crippen LogP contribution >= 0.6 is 0 Å². The van der Waals surface area contributed by atoms with Crippen molar-refractivity contribution in [3.8, 4) is 0 Å². The van der Waals surface area contributed by atoms with E-state index in [-0.39, 0.29) is 0 Å². The molecule has 1 aromatic carbocycles. The van der Waals surface area contributed by atoms with Crippen LogP contribution in [0.25, 0.3) is 11.0 Å². The number of aromatic nitrogens is 3. The smallest absolute Gasteiger partial charge is 0.161 e. The van der Waals surface area contributed by atoms with Crippen molar-refractivity contribution in [1.29, 1.82) is 0 Å². The van der Waals surface area contributed by atoms with Gasteiger partial charge in [-0.25, -0.2) is 15.5 Å². The lowest BCUT2D eigenvalue weighted by atomic mass is 10.00. The summed E-state index contributed by atoms with van der Waals surface area (Å²) in [6.07, 6.45) is 0. The SMILES string of the molecule is Cc1nn(Cc2ccccc2)c2nc(NN)cc(C(C)C)c12. The molecule has 3 rings (SSSR count). The standard InChI is InChI=1S/C17H21N5/c1-11(2)14-9-15(20-18)19-17-16(14)12(3)21-22(17)10-13-7-5-4-6-8-13/h4-9,11H,10,18H2,1-3H3,(H,19,20). The van der Waals surface area contributed by atoms with Crippen molar-refractivity contribution in [2.24, 2.45) is 5.84 Å². The third-order valence-electron chi connectivity index (χ3n) is 3.85. The van der Waals surface area contributed by atoms with Crippen molar-refractivity contribution in [2.45, 2.75) is 33.2 Å². The number of rotatable bonds is 4. The van der Waals surface area contributed by atoms with Gasteiger partial charge in [0.1, 0.15) is 5.82 Å². The van der Waals surface area contributed by atoms with Crippen LogP contribution in [-0.2, 0) is 6.54 Å². The molecule has 0 bridgehead atoms. The molecule has 3 N–H and O–H groups in total. The lowest BCUT2D eigenvalue weighted by Crippen LogP contribution is -2.10. The Labute approximate surface area is 130 Å². The van der Waals surface area contributed by atoms with E-state index in [4.69, 9.17) is 5.84 Å². The Morgan fingerprint density at radius 3 is 2.59 bits per heavy atom. The minimum absolute atomic E-state index is 0.380. The minimum Gasteiger partial charge on any atom is -0.308 e. The first-order valence-electron chi connectivity index (χ1n) is 7.48. The normalized spacial score (nSPS) is 11.3. The maximum atomic E-state index is 5.58. The van der Waals surface area contributed by atoms with E-state index >= 15 is 0 Å². The van der Waals surface area contributed by atoms with E-state index in [2.05, 4.69) is 41.5 Å². The number of benzene rings is 1. The Kier molecular flexibility index (Phi) is 3.81. The van der Waals surface area contributed by atoms with Gasteiger partial charge >= 0.3 is 0 Å². The van der Waals surface area contributed by atoms with Crippen LogP contribution < -0.4 is 11.3 Å². The van der Waals surface area contributed by atoms with Crippen molar-refractivity contribution >= 4 is 16.9 Å². The zero-order valence-electron chi connectivity index (χ0n) is 13.2. The molecule has 5 nitrogen and oxygen atoms in total. The molecule has 0 spiro atoms. The second-order valence-corrected chi connectivity index (χ2v) is 5.82. The molecular formula is C17H21N5. The monoisotopic (exact) mass is 295 g/mol. The molecule has 0 amide bonds. The van der Waals surface area contributed by atoms with Crippen molar-refractivity contribution in [3.05, 3.63) is 53.2 Å². The fourth-order valence-corrected chi connectivity index (χ4v) is 2.78. The summed E-state index contributed by atoms with van der Waals surface area (Å²) < 4.78 is 1.95. The van der Waals surface area contributed by atoms with Gasteiger partial charge in [-0.2, -0.15) is 5.10 Å². The number of nitrogens with two attached hydrogens (primary N) is 1. The number of fused-ring (bicyclic) bond motifs is 1. The highest BCUT2D eigenvalue weighted by Gasteiger charge is 2.16. The lowest BCUT2D eigenvalue weighted by Gasteiger charge is -2.11. The van der Waals surface area contributed by atoms with E-state index in [0.717, 1.165) is 16.7 Å². The van der Waals surface area contributed by atoms with Crippen molar-refractivity contribution < 1.29 is 0 Å². The highest BCUT2D eigenvalue weighted by Crippen LogP contribution is 2.29. The van der Waals surface area contributed by atoms with Crippen LogP contribution in [0.3, 0.4) is 0 Å². The van der Waals surface area contributed by atoms with Gasteiger partial charge in [-0.3, -0.25) is 0 Å². The van der Waals surface area contributed by atoms with Crippen molar-refractivity contribution in [2.75, 3.05) is 5.43 Å². The Morgan fingerprint density at radius 1 is 1.23 bits per heavy atom. The molecular weight excluding hydrogens is 274 g/mol. The van der Waals surface area contributed by atoms with E-state index in [9.17, 15) is 0 Å². The van der Waals surface area contributed by atoms with Gasteiger partial charge in [0.05, 0.1) is 12.2 Å². The van der Waals surface area contributed by atoms with E-state index in [0.29, 0.717) is 18.3 Å². The molecule has 0 aliphatic heterocycles. The zero-order valence-corrected chi connectivity index (χ0v) is 13.2. The highest BCUT2D eigenvalue weighted by atomic mass is 15.3. The largest absolute Gasteiger partial charge is 0.308 e. The molecule has 114 valence electrons. The van der Waals surface area contributed by atoms with Gasteiger partial charge in [-0.15, -0.1) is 0 Å². The Hall–Kier alpha value is -2.40. The third kappa shape index (κ3) is 2.55. The highest BCUT2D eigenvalue weighted by molar-refractivity contribution is 5.84. The number of hydrazine groups is 1. The number of hydrogen-bond donors (Lipinski definition) is 2. The molecule has 0 unspecified atom stereocenters. The number of pyridine rings is 1. The first kappa shape index (κ1) is 14.5. The van der Waals surface area contributed by atoms with Crippen LogP contribution in [0.5, 0.6) is 0 Å². The second kappa shape index (κ2) is 5.77. The molecule has 2 aromatic heterocycles. The van der Waals surface area contributed by atoms with Gasteiger partial charge in [0, 0.05) is 5.39 Å². The van der Waals surface area contributed by atoms with Crippen LogP contribution in [0.15, 0.2) is 36.4 Å². The van der Waals surface area contributed by atoms with E-state index in [1.807, 2.05) is 35.9 Å². The Morgan fingerprint density at radius 2 is 1.95 bits per heavy atom. The molecule has 0 saturated heterocycles. The molecule has 0 saturated carbocycles. The summed E-state index contributed by atoms with van der Waals surface area (Å²) in [6.45, 7) is 7.07. The number of nitrogen functional groups attached to an aromatic ring is 1. The number of hydrogen-bond acceptors (Lipinski definition) is 4. The summed E-state index contributed by atoms with van der Waals surface area (Å²) in [5.41, 5.74) is 6.96. The fourth-order valence-electron chi connectivity index (χ4n) is 2.78. The fraction of sp³-hybridized carbons (Fsp3) is 0.294. The predicted octanol–water partition coefficient (Wildman–Crippen LogP) is 3.20. The maximum Gasteiger partial charge on any atom is 0.161 e.